The molecule has 23 heavy (non-hydrogen) atoms. The molecule has 0 aromatic heterocycles. The van der Waals surface area contributed by atoms with Gasteiger partial charge in [-0.05, 0) is 25.9 Å². The first kappa shape index (κ1) is 22.4. The zero-order valence-corrected chi connectivity index (χ0v) is 15.8. The third-order valence-corrected chi connectivity index (χ3v) is 4.57. The van der Waals surface area contributed by atoms with Crippen molar-refractivity contribution < 1.29 is 9.59 Å². The van der Waals surface area contributed by atoms with E-state index in [0.717, 1.165) is 45.6 Å². The van der Waals surface area contributed by atoms with Gasteiger partial charge >= 0.3 is 0 Å². The van der Waals surface area contributed by atoms with Gasteiger partial charge in [-0.15, -0.1) is 24.8 Å². The number of nitrogens with one attached hydrogen (secondary N) is 1. The Kier molecular flexibility index (Phi) is 10.8. The summed E-state index contributed by atoms with van der Waals surface area (Å²) < 4.78 is 0. The predicted molar refractivity (Wildman–Crippen MR) is 96.5 cm³/mol. The summed E-state index contributed by atoms with van der Waals surface area (Å²) in [5.74, 6) is 0.371. The first-order valence-corrected chi connectivity index (χ1v) is 8.16. The molecule has 0 bridgehead atoms. The molecule has 2 rings (SSSR count). The lowest BCUT2D eigenvalue weighted by molar-refractivity contribution is -0.141. The molecule has 6 nitrogen and oxygen atoms in total. The van der Waals surface area contributed by atoms with E-state index in [2.05, 4.69) is 24.1 Å². The molecule has 2 aliphatic rings. The highest BCUT2D eigenvalue weighted by Gasteiger charge is 2.31. The van der Waals surface area contributed by atoms with E-state index in [1.807, 2.05) is 9.80 Å². The Morgan fingerprint density at radius 3 is 2.57 bits per heavy atom. The number of carbonyl (C=O) groups excluding carboxylic acids is 2. The van der Waals surface area contributed by atoms with Crippen molar-refractivity contribution in [2.45, 2.75) is 32.7 Å². The third kappa shape index (κ3) is 6.10. The van der Waals surface area contributed by atoms with Gasteiger partial charge in [0.2, 0.25) is 11.8 Å². The lowest BCUT2D eigenvalue weighted by atomic mass is 10.0. The van der Waals surface area contributed by atoms with Gasteiger partial charge in [0, 0.05) is 32.2 Å². The largest absolute Gasteiger partial charge is 0.340 e. The van der Waals surface area contributed by atoms with Crippen LogP contribution in [0.1, 0.15) is 26.7 Å². The number of rotatable bonds is 5. The van der Waals surface area contributed by atoms with Crippen molar-refractivity contribution in [3.05, 3.63) is 0 Å². The molecule has 0 aromatic carbocycles. The van der Waals surface area contributed by atoms with Crippen LogP contribution in [0.15, 0.2) is 0 Å². The average molecular weight is 369 g/mol. The molecule has 1 atom stereocenters. The number of likely N-dealkylation sites (tertiary alicyclic amines) is 1. The maximum Gasteiger partial charge on any atom is 0.236 e. The van der Waals surface area contributed by atoms with E-state index in [4.69, 9.17) is 0 Å². The first-order valence-electron chi connectivity index (χ1n) is 8.16. The molecule has 0 saturated carbocycles. The lowest BCUT2D eigenvalue weighted by Crippen LogP contribution is -2.58. The summed E-state index contributed by atoms with van der Waals surface area (Å²) in [7, 11) is 0. The zero-order chi connectivity index (χ0) is 15.2. The summed E-state index contributed by atoms with van der Waals surface area (Å²) in [6.45, 7) is 10.0. The number of hydrogen-bond donors (Lipinski definition) is 1. The summed E-state index contributed by atoms with van der Waals surface area (Å²) in [5, 5.41) is 3.10. The Bertz CT molecular complexity index is 380. The maximum absolute atomic E-state index is 12.4. The number of halogens is 2. The van der Waals surface area contributed by atoms with Crippen molar-refractivity contribution in [1.82, 2.24) is 20.0 Å². The molecule has 2 saturated heterocycles. The topological polar surface area (TPSA) is 55.9 Å². The number of piperidine rings is 1. The Morgan fingerprint density at radius 2 is 1.96 bits per heavy atom. The van der Waals surface area contributed by atoms with Gasteiger partial charge in [-0.25, -0.2) is 0 Å². The first-order chi connectivity index (χ1) is 10.2. The maximum atomic E-state index is 12.4. The summed E-state index contributed by atoms with van der Waals surface area (Å²) in [6, 6.07) is 0.203. The molecule has 2 heterocycles. The van der Waals surface area contributed by atoms with Crippen LogP contribution in [0.25, 0.3) is 0 Å². The van der Waals surface area contributed by atoms with Crippen molar-refractivity contribution in [1.29, 1.82) is 0 Å². The molecular formula is C15H30Cl2N4O2. The number of amides is 2. The summed E-state index contributed by atoms with van der Waals surface area (Å²) >= 11 is 0. The van der Waals surface area contributed by atoms with E-state index < -0.39 is 0 Å². The highest BCUT2D eigenvalue weighted by molar-refractivity contribution is 5.85. The molecule has 0 radical (unpaired) electrons. The van der Waals surface area contributed by atoms with Gasteiger partial charge < -0.3 is 15.1 Å². The van der Waals surface area contributed by atoms with Crippen molar-refractivity contribution in [2.75, 3.05) is 52.4 Å². The molecule has 1 N–H and O–H groups in total. The van der Waals surface area contributed by atoms with Gasteiger partial charge in [0.15, 0.2) is 0 Å². The van der Waals surface area contributed by atoms with Crippen LogP contribution in [0, 0.1) is 0 Å². The highest BCUT2D eigenvalue weighted by Crippen LogP contribution is 2.17. The van der Waals surface area contributed by atoms with Crippen LogP contribution < -0.4 is 5.32 Å². The second-order valence-corrected chi connectivity index (χ2v) is 5.86. The number of nitrogens with zero attached hydrogens (tertiary/aromatic N) is 3. The van der Waals surface area contributed by atoms with E-state index in [1.54, 1.807) is 0 Å². The van der Waals surface area contributed by atoms with Gasteiger partial charge in [-0.3, -0.25) is 14.5 Å². The molecule has 0 aromatic rings. The van der Waals surface area contributed by atoms with E-state index in [-0.39, 0.29) is 42.7 Å². The van der Waals surface area contributed by atoms with E-state index in [9.17, 15) is 9.59 Å². The van der Waals surface area contributed by atoms with Gasteiger partial charge in [-0.2, -0.15) is 0 Å². The second-order valence-electron chi connectivity index (χ2n) is 5.86. The van der Waals surface area contributed by atoms with Crippen LogP contribution in [0.4, 0.5) is 0 Å². The van der Waals surface area contributed by atoms with Gasteiger partial charge in [0.05, 0.1) is 13.1 Å². The van der Waals surface area contributed by atoms with Crippen LogP contribution >= 0.6 is 24.8 Å². The van der Waals surface area contributed by atoms with Crippen molar-refractivity contribution in [3.63, 3.8) is 0 Å². The number of carbonyl (C=O) groups is 2. The molecule has 0 aliphatic carbocycles. The van der Waals surface area contributed by atoms with Crippen molar-refractivity contribution >= 4 is 36.6 Å². The van der Waals surface area contributed by atoms with Crippen LogP contribution in [-0.4, -0.2) is 84.9 Å². The predicted octanol–water partition coefficient (Wildman–Crippen LogP) is 0.595. The molecule has 2 aliphatic heterocycles. The fourth-order valence-electron chi connectivity index (χ4n) is 3.18. The van der Waals surface area contributed by atoms with E-state index in [1.165, 1.54) is 0 Å². The summed E-state index contributed by atoms with van der Waals surface area (Å²) in [4.78, 5) is 30.4. The Morgan fingerprint density at radius 1 is 1.26 bits per heavy atom. The molecule has 1 unspecified atom stereocenters. The van der Waals surface area contributed by atoms with Crippen molar-refractivity contribution in [3.8, 4) is 0 Å². The number of likely N-dealkylation sites (N-methyl/N-ethyl adjacent to an activating group) is 1. The fourth-order valence-corrected chi connectivity index (χ4v) is 3.18. The second kappa shape index (κ2) is 11.1. The highest BCUT2D eigenvalue weighted by atomic mass is 35.5. The minimum atomic E-state index is 0. The zero-order valence-electron chi connectivity index (χ0n) is 14.1. The Balaban J connectivity index is 0.00000242. The third-order valence-electron chi connectivity index (χ3n) is 4.57. The Hall–Kier alpha value is -0.560. The van der Waals surface area contributed by atoms with Gasteiger partial charge in [0.25, 0.3) is 0 Å². The SMILES string of the molecule is CCN(CC)CC(=O)N1CCCC(N2CCNCC2=O)C1.Cl.Cl. The molecule has 136 valence electrons. The van der Waals surface area contributed by atoms with E-state index >= 15 is 0 Å². The Labute approximate surface area is 151 Å². The molecule has 2 amide bonds. The van der Waals surface area contributed by atoms with Crippen molar-refractivity contribution in [2.24, 2.45) is 0 Å². The molecular weight excluding hydrogens is 339 g/mol. The van der Waals surface area contributed by atoms with Crippen LogP contribution in [-0.2, 0) is 9.59 Å². The van der Waals surface area contributed by atoms with Gasteiger partial charge in [-0.1, -0.05) is 13.8 Å². The normalized spacial score (nSPS) is 21.7. The standard InChI is InChI=1S/C15H28N4O2.2ClH/c1-3-17(4-2)12-15(21)18-8-5-6-13(11-18)19-9-7-16-10-14(19)20;;/h13,16H,3-12H2,1-2H3;2*1H. The number of hydrogen-bond acceptors (Lipinski definition) is 4. The summed E-state index contributed by atoms with van der Waals surface area (Å²) in [5.41, 5.74) is 0. The molecule has 0 spiro atoms. The van der Waals surface area contributed by atoms with Crippen LogP contribution in [0.3, 0.4) is 0 Å². The van der Waals surface area contributed by atoms with Gasteiger partial charge in [0.1, 0.15) is 0 Å². The summed E-state index contributed by atoms with van der Waals surface area (Å²) in [6.07, 6.45) is 2.01. The smallest absolute Gasteiger partial charge is 0.236 e. The van der Waals surface area contributed by atoms with Crippen LogP contribution in [0.2, 0.25) is 0 Å². The monoisotopic (exact) mass is 368 g/mol. The minimum Gasteiger partial charge on any atom is -0.340 e. The average Bonchev–Trinajstić information content (AvgIpc) is 2.53. The molecule has 8 heteroatoms. The minimum absolute atomic E-state index is 0. The molecule has 2 fully saturated rings. The quantitative estimate of drug-likeness (QED) is 0.771. The number of piperazine rings is 1. The lowest BCUT2D eigenvalue weighted by Gasteiger charge is -2.41. The van der Waals surface area contributed by atoms with E-state index in [0.29, 0.717) is 19.6 Å². The fraction of sp³-hybridized carbons (Fsp3) is 0.867. The van der Waals surface area contributed by atoms with Crippen LogP contribution in [0.5, 0.6) is 0 Å².